The third-order valence-electron chi connectivity index (χ3n) is 5.28. The third kappa shape index (κ3) is 2.47. The Hall–Kier alpha value is -1.72. The number of piperidine rings is 1. The molecular formula is C19H23N3OS. The van der Waals surface area contributed by atoms with Crippen molar-refractivity contribution < 1.29 is 4.79 Å². The summed E-state index contributed by atoms with van der Waals surface area (Å²) in [7, 11) is 0. The summed E-state index contributed by atoms with van der Waals surface area (Å²) in [6.07, 6.45) is 2.18. The normalized spacial score (nSPS) is 25.0. The van der Waals surface area contributed by atoms with Crippen molar-refractivity contribution in [2.45, 2.75) is 45.7 Å². The lowest BCUT2D eigenvalue weighted by Crippen LogP contribution is -2.42. The fourth-order valence-corrected chi connectivity index (χ4v) is 5.03. The predicted octanol–water partition coefficient (Wildman–Crippen LogP) is 3.30. The van der Waals surface area contributed by atoms with Gasteiger partial charge in [-0.15, -0.1) is 11.3 Å². The van der Waals surface area contributed by atoms with E-state index in [1.165, 1.54) is 11.1 Å². The fourth-order valence-electron chi connectivity index (χ4n) is 4.03. The molecule has 2 fully saturated rings. The van der Waals surface area contributed by atoms with Gasteiger partial charge in [-0.2, -0.15) is 0 Å². The second-order valence-electron chi connectivity index (χ2n) is 7.13. The van der Waals surface area contributed by atoms with E-state index in [9.17, 15) is 4.79 Å². The summed E-state index contributed by atoms with van der Waals surface area (Å²) in [6.45, 7) is 6.70. The minimum absolute atomic E-state index is 0.0646. The van der Waals surface area contributed by atoms with Crippen LogP contribution >= 0.6 is 11.3 Å². The largest absolute Gasteiger partial charge is 0.330 e. The molecule has 1 amide bonds. The van der Waals surface area contributed by atoms with Gasteiger partial charge < -0.3 is 10.6 Å². The maximum absolute atomic E-state index is 13.3. The molecule has 2 heterocycles. The molecule has 4 nitrogen and oxygen atoms in total. The van der Waals surface area contributed by atoms with E-state index in [4.69, 9.17) is 5.73 Å². The second-order valence-corrected chi connectivity index (χ2v) is 8.33. The lowest BCUT2D eigenvalue weighted by Gasteiger charge is -2.26. The number of hydrogen-bond donors (Lipinski definition) is 1. The van der Waals surface area contributed by atoms with E-state index in [1.54, 1.807) is 11.3 Å². The number of rotatable bonds is 3. The van der Waals surface area contributed by atoms with Crippen LogP contribution in [0.3, 0.4) is 0 Å². The number of nitrogens with two attached hydrogens (primary N) is 1. The summed E-state index contributed by atoms with van der Waals surface area (Å²) < 4.78 is 0. The molecule has 1 saturated heterocycles. The van der Waals surface area contributed by atoms with Crippen LogP contribution in [0.2, 0.25) is 0 Å². The van der Waals surface area contributed by atoms with Gasteiger partial charge in [-0.25, -0.2) is 4.98 Å². The van der Waals surface area contributed by atoms with E-state index >= 15 is 0 Å². The number of thiazole rings is 1. The lowest BCUT2D eigenvalue weighted by atomic mass is 10.0. The summed E-state index contributed by atoms with van der Waals surface area (Å²) >= 11 is 1.61. The standard InChI is InChI=1S/C19H23N3OS/c1-10-4-5-15(11(2)6-10)18-17(21-12(3)24-18)19(23)22-14(9-20)7-13-8-16(13)22/h4-6,13-14,16H,7-9,20H2,1-3H3/t13-,14+,16+/m1/s1. The van der Waals surface area contributed by atoms with Crippen molar-refractivity contribution in [3.05, 3.63) is 40.0 Å². The Kier molecular flexibility index (Phi) is 3.73. The van der Waals surface area contributed by atoms with Gasteiger partial charge in [0.15, 0.2) is 0 Å². The van der Waals surface area contributed by atoms with E-state index in [1.807, 2.05) is 11.8 Å². The Bertz CT molecular complexity index is 813. The summed E-state index contributed by atoms with van der Waals surface area (Å²) in [6, 6.07) is 6.93. The average molecular weight is 341 g/mol. The number of carbonyl (C=O) groups is 1. The zero-order valence-corrected chi connectivity index (χ0v) is 15.2. The van der Waals surface area contributed by atoms with E-state index in [0.29, 0.717) is 24.2 Å². The molecule has 24 heavy (non-hydrogen) atoms. The Balaban J connectivity index is 1.75. The SMILES string of the molecule is Cc1ccc(-c2sc(C)nc2C(=O)N2[C@H](CN)C[C@@H]3C[C@@H]32)c(C)c1. The Morgan fingerprint density at radius 2 is 2.12 bits per heavy atom. The van der Waals surface area contributed by atoms with Gasteiger partial charge in [0.05, 0.1) is 9.88 Å². The van der Waals surface area contributed by atoms with Crippen molar-refractivity contribution in [1.29, 1.82) is 0 Å². The Morgan fingerprint density at radius 1 is 1.33 bits per heavy atom. The number of carbonyl (C=O) groups excluding carboxylic acids is 1. The van der Waals surface area contributed by atoms with Gasteiger partial charge in [0.1, 0.15) is 5.69 Å². The average Bonchev–Trinajstić information content (AvgIpc) is 3.03. The van der Waals surface area contributed by atoms with Crippen LogP contribution in [0, 0.1) is 26.7 Å². The number of aryl methyl sites for hydroxylation is 3. The maximum atomic E-state index is 13.3. The molecule has 2 N–H and O–H groups in total. The van der Waals surface area contributed by atoms with Gasteiger partial charge in [-0.05, 0) is 50.7 Å². The molecule has 3 atom stereocenters. The molecule has 1 aliphatic carbocycles. The molecule has 2 aliphatic rings. The number of benzene rings is 1. The predicted molar refractivity (Wildman–Crippen MR) is 97.3 cm³/mol. The van der Waals surface area contributed by atoms with Crippen molar-refractivity contribution in [2.75, 3.05) is 6.54 Å². The summed E-state index contributed by atoms with van der Waals surface area (Å²) in [5.74, 6) is 0.724. The minimum Gasteiger partial charge on any atom is -0.330 e. The van der Waals surface area contributed by atoms with Gasteiger partial charge in [-0.3, -0.25) is 4.79 Å². The highest BCUT2D eigenvalue weighted by molar-refractivity contribution is 7.15. The molecule has 0 bridgehead atoms. The molecule has 126 valence electrons. The molecule has 1 saturated carbocycles. The molecule has 0 unspecified atom stereocenters. The smallest absolute Gasteiger partial charge is 0.274 e. The lowest BCUT2D eigenvalue weighted by molar-refractivity contribution is 0.0701. The van der Waals surface area contributed by atoms with Crippen LogP contribution in [0.4, 0.5) is 0 Å². The maximum Gasteiger partial charge on any atom is 0.274 e. The highest BCUT2D eigenvalue weighted by Gasteiger charge is 2.54. The second kappa shape index (κ2) is 5.67. The van der Waals surface area contributed by atoms with Gasteiger partial charge in [0.25, 0.3) is 5.91 Å². The molecular weight excluding hydrogens is 318 g/mol. The van der Waals surface area contributed by atoms with Gasteiger partial charge >= 0.3 is 0 Å². The summed E-state index contributed by atoms with van der Waals surface area (Å²) in [5, 5.41) is 0.934. The first kappa shape index (κ1) is 15.8. The van der Waals surface area contributed by atoms with Crippen LogP contribution in [-0.4, -0.2) is 34.4 Å². The Morgan fingerprint density at radius 3 is 2.83 bits per heavy atom. The molecule has 1 aromatic carbocycles. The van der Waals surface area contributed by atoms with Gasteiger partial charge in [0, 0.05) is 18.6 Å². The third-order valence-corrected chi connectivity index (χ3v) is 6.28. The highest BCUT2D eigenvalue weighted by Crippen LogP contribution is 2.48. The van der Waals surface area contributed by atoms with Crippen LogP contribution in [0.5, 0.6) is 0 Å². The van der Waals surface area contributed by atoms with Crippen LogP contribution in [0.15, 0.2) is 18.2 Å². The highest BCUT2D eigenvalue weighted by atomic mass is 32.1. The van der Waals surface area contributed by atoms with Gasteiger partial charge in [-0.1, -0.05) is 23.8 Å². The molecule has 2 aromatic rings. The summed E-state index contributed by atoms with van der Waals surface area (Å²) in [4.78, 5) is 20.9. The minimum atomic E-state index is 0.0646. The van der Waals surface area contributed by atoms with Crippen molar-refractivity contribution >= 4 is 17.2 Å². The quantitative estimate of drug-likeness (QED) is 0.932. The Labute approximate surface area is 146 Å². The molecule has 5 heteroatoms. The molecule has 4 rings (SSSR count). The first-order valence-corrected chi connectivity index (χ1v) is 9.39. The molecule has 1 aliphatic heterocycles. The number of likely N-dealkylation sites (tertiary alicyclic amines) is 1. The fraction of sp³-hybridized carbons (Fsp3) is 0.474. The van der Waals surface area contributed by atoms with Crippen molar-refractivity contribution in [1.82, 2.24) is 9.88 Å². The van der Waals surface area contributed by atoms with Crippen molar-refractivity contribution in [2.24, 2.45) is 11.7 Å². The van der Waals surface area contributed by atoms with Crippen LogP contribution in [-0.2, 0) is 0 Å². The molecule has 0 spiro atoms. The number of hydrogen-bond acceptors (Lipinski definition) is 4. The van der Waals surface area contributed by atoms with Crippen molar-refractivity contribution in [3.8, 4) is 10.4 Å². The molecule has 1 aromatic heterocycles. The number of fused-ring (bicyclic) bond motifs is 1. The number of nitrogens with zero attached hydrogens (tertiary/aromatic N) is 2. The van der Waals surface area contributed by atoms with Gasteiger partial charge in [0.2, 0.25) is 0 Å². The van der Waals surface area contributed by atoms with E-state index in [0.717, 1.165) is 28.3 Å². The number of amides is 1. The first-order valence-electron chi connectivity index (χ1n) is 8.57. The zero-order chi connectivity index (χ0) is 17.0. The zero-order valence-electron chi connectivity index (χ0n) is 14.4. The summed E-state index contributed by atoms with van der Waals surface area (Å²) in [5.41, 5.74) is 10.0. The topological polar surface area (TPSA) is 59.2 Å². The van der Waals surface area contributed by atoms with E-state index < -0.39 is 0 Å². The van der Waals surface area contributed by atoms with E-state index in [-0.39, 0.29) is 11.9 Å². The number of aromatic nitrogens is 1. The monoisotopic (exact) mass is 341 g/mol. The van der Waals surface area contributed by atoms with E-state index in [2.05, 4.69) is 37.0 Å². The van der Waals surface area contributed by atoms with Crippen molar-refractivity contribution in [3.63, 3.8) is 0 Å². The first-order chi connectivity index (χ1) is 11.5. The van der Waals surface area contributed by atoms with Crippen LogP contribution in [0.1, 0.15) is 39.5 Å². The van der Waals surface area contributed by atoms with Crippen LogP contribution < -0.4 is 5.73 Å². The molecule has 0 radical (unpaired) electrons. The van der Waals surface area contributed by atoms with Crippen LogP contribution in [0.25, 0.3) is 10.4 Å².